The lowest BCUT2D eigenvalue weighted by Gasteiger charge is -2.34. The molecule has 0 spiro atoms. The number of benzene rings is 1. The molecule has 8 heteroatoms. The molecule has 0 bridgehead atoms. The largest absolute Gasteiger partial charge is 0.333 e. The van der Waals surface area contributed by atoms with Gasteiger partial charge in [0.15, 0.2) is 0 Å². The van der Waals surface area contributed by atoms with Gasteiger partial charge in [0.1, 0.15) is 11.6 Å². The zero-order valence-corrected chi connectivity index (χ0v) is 16.8. The number of carbonyl (C=O) groups is 3. The van der Waals surface area contributed by atoms with Gasteiger partial charge in [0.2, 0.25) is 11.8 Å². The number of rotatable bonds is 5. The summed E-state index contributed by atoms with van der Waals surface area (Å²) in [5.74, 6) is -0.110. The molecular weight excluding hydrogens is 376 g/mol. The van der Waals surface area contributed by atoms with Gasteiger partial charge >= 0.3 is 6.03 Å². The first-order valence-electron chi connectivity index (χ1n) is 9.75. The fourth-order valence-electron chi connectivity index (χ4n) is 3.94. The first kappa shape index (κ1) is 18.9. The second-order valence-corrected chi connectivity index (χ2v) is 8.47. The number of thiazole rings is 1. The third kappa shape index (κ3) is 3.61. The molecule has 2 aromatic rings. The van der Waals surface area contributed by atoms with Crippen molar-refractivity contribution >= 4 is 39.4 Å². The Balaban J connectivity index is 1.40. The normalized spacial score (nSPS) is 20.5. The molecular formula is C20H24N4O3S. The average molecular weight is 401 g/mol. The zero-order chi connectivity index (χ0) is 19.7. The number of likely N-dealkylation sites (tertiary alicyclic amines) is 1. The number of aromatic nitrogens is 1. The number of fused-ring (bicyclic) bond motifs is 1. The molecule has 1 aromatic carbocycles. The fraction of sp³-hybridized carbons (Fsp3) is 0.500. The molecule has 0 N–H and O–H groups in total. The second-order valence-electron chi connectivity index (χ2n) is 7.41. The molecule has 2 aliphatic rings. The van der Waals surface area contributed by atoms with E-state index >= 15 is 0 Å². The quantitative estimate of drug-likeness (QED) is 0.723. The summed E-state index contributed by atoms with van der Waals surface area (Å²) in [7, 11) is 1.61. The van der Waals surface area contributed by atoms with E-state index in [1.54, 1.807) is 18.4 Å². The third-order valence-electron chi connectivity index (χ3n) is 5.42. The first-order valence-corrected chi connectivity index (χ1v) is 10.6. The number of piperidine rings is 1. The molecule has 0 aliphatic carbocycles. The lowest BCUT2D eigenvalue weighted by molar-refractivity contribution is -0.135. The summed E-state index contributed by atoms with van der Waals surface area (Å²) in [6.45, 7) is 1.16. The molecule has 2 fully saturated rings. The van der Waals surface area contributed by atoms with E-state index in [0.717, 1.165) is 41.0 Å². The van der Waals surface area contributed by atoms with Crippen molar-refractivity contribution in [3.05, 3.63) is 29.3 Å². The molecule has 4 amide bonds. The maximum absolute atomic E-state index is 12.9. The number of urea groups is 1. The highest BCUT2D eigenvalue weighted by molar-refractivity contribution is 7.18. The van der Waals surface area contributed by atoms with Gasteiger partial charge in [-0.05, 0) is 37.8 Å². The van der Waals surface area contributed by atoms with Crippen LogP contribution in [0.15, 0.2) is 24.3 Å². The van der Waals surface area contributed by atoms with Crippen molar-refractivity contribution in [3.63, 3.8) is 0 Å². The summed E-state index contributed by atoms with van der Waals surface area (Å²) in [5.41, 5.74) is 0.982. The SMILES string of the molecule is CN1CC(=O)N(CCCC(=O)N2CCCCC2c2nc3ccccc3s2)C1=O. The molecule has 1 atom stereocenters. The number of likely N-dealkylation sites (N-methyl/N-ethyl adjacent to an activating group) is 1. The minimum Gasteiger partial charge on any atom is -0.333 e. The highest BCUT2D eigenvalue weighted by Gasteiger charge is 2.34. The van der Waals surface area contributed by atoms with Crippen molar-refractivity contribution < 1.29 is 14.4 Å². The first-order chi connectivity index (χ1) is 13.5. The van der Waals surface area contributed by atoms with Crippen molar-refractivity contribution in [2.75, 3.05) is 26.7 Å². The second kappa shape index (κ2) is 7.87. The highest BCUT2D eigenvalue weighted by Crippen LogP contribution is 2.36. The van der Waals surface area contributed by atoms with Gasteiger partial charge in [-0.2, -0.15) is 0 Å². The Hall–Kier alpha value is -2.48. The van der Waals surface area contributed by atoms with Crippen molar-refractivity contribution in [3.8, 4) is 0 Å². The topological polar surface area (TPSA) is 73.8 Å². The Kier molecular flexibility index (Phi) is 5.30. The van der Waals surface area contributed by atoms with E-state index in [0.29, 0.717) is 19.4 Å². The maximum atomic E-state index is 12.9. The van der Waals surface area contributed by atoms with Gasteiger partial charge in [-0.1, -0.05) is 12.1 Å². The van der Waals surface area contributed by atoms with Crippen LogP contribution >= 0.6 is 11.3 Å². The molecule has 0 saturated carbocycles. The van der Waals surface area contributed by atoms with Gasteiger partial charge in [0.25, 0.3) is 0 Å². The summed E-state index contributed by atoms with van der Waals surface area (Å²) in [6, 6.07) is 7.81. The number of para-hydroxylation sites is 1. The number of imide groups is 1. The van der Waals surface area contributed by atoms with E-state index in [1.165, 1.54) is 9.80 Å². The molecule has 2 aliphatic heterocycles. The number of carbonyl (C=O) groups excluding carboxylic acids is 3. The van der Waals surface area contributed by atoms with Crippen LogP contribution < -0.4 is 0 Å². The molecule has 3 heterocycles. The Morgan fingerprint density at radius 3 is 2.82 bits per heavy atom. The molecule has 1 aromatic heterocycles. The van der Waals surface area contributed by atoms with Gasteiger partial charge in [0, 0.05) is 26.6 Å². The summed E-state index contributed by atoms with van der Waals surface area (Å²) in [4.78, 5) is 46.1. The number of amides is 4. The molecule has 1 unspecified atom stereocenters. The Morgan fingerprint density at radius 2 is 2.07 bits per heavy atom. The van der Waals surface area contributed by atoms with Gasteiger partial charge in [-0.3, -0.25) is 14.5 Å². The van der Waals surface area contributed by atoms with Crippen molar-refractivity contribution in [2.45, 2.75) is 38.1 Å². The van der Waals surface area contributed by atoms with Crippen LogP contribution in [0.1, 0.15) is 43.2 Å². The summed E-state index contributed by atoms with van der Waals surface area (Å²) in [6.07, 6.45) is 3.85. The van der Waals surface area contributed by atoms with Crippen LogP contribution in [0.5, 0.6) is 0 Å². The predicted octanol–water partition coefficient (Wildman–Crippen LogP) is 3.02. The van der Waals surface area contributed by atoms with Gasteiger partial charge < -0.3 is 9.80 Å². The van der Waals surface area contributed by atoms with Crippen molar-refractivity contribution in [2.24, 2.45) is 0 Å². The average Bonchev–Trinajstić information content (AvgIpc) is 3.24. The van der Waals surface area contributed by atoms with E-state index in [2.05, 4.69) is 6.07 Å². The third-order valence-corrected chi connectivity index (χ3v) is 6.56. The smallest absolute Gasteiger partial charge is 0.326 e. The van der Waals surface area contributed by atoms with Crippen LogP contribution in [0, 0.1) is 0 Å². The standard InChI is InChI=1S/C20H24N4O3S/c1-22-13-18(26)24(20(22)27)12-6-10-17(25)23-11-5-4-8-15(23)19-21-14-7-2-3-9-16(14)28-19/h2-3,7,9,15H,4-6,8,10-13H2,1H3. The van der Waals surface area contributed by atoms with Crippen LogP contribution in [0.3, 0.4) is 0 Å². The van der Waals surface area contributed by atoms with E-state index in [4.69, 9.17) is 4.98 Å². The van der Waals surface area contributed by atoms with Gasteiger partial charge in [-0.25, -0.2) is 9.78 Å². The summed E-state index contributed by atoms with van der Waals surface area (Å²) < 4.78 is 1.14. The Morgan fingerprint density at radius 1 is 1.25 bits per heavy atom. The molecule has 28 heavy (non-hydrogen) atoms. The maximum Gasteiger partial charge on any atom is 0.326 e. The highest BCUT2D eigenvalue weighted by atomic mass is 32.1. The zero-order valence-electron chi connectivity index (χ0n) is 16.0. The molecule has 7 nitrogen and oxygen atoms in total. The minimum atomic E-state index is -0.275. The predicted molar refractivity (Wildman–Crippen MR) is 107 cm³/mol. The van der Waals surface area contributed by atoms with Crippen LogP contribution in [-0.2, 0) is 9.59 Å². The van der Waals surface area contributed by atoms with E-state index in [-0.39, 0.29) is 30.4 Å². The number of hydrogen-bond acceptors (Lipinski definition) is 5. The summed E-state index contributed by atoms with van der Waals surface area (Å²) >= 11 is 1.66. The van der Waals surface area contributed by atoms with E-state index in [9.17, 15) is 14.4 Å². The Labute approximate surface area is 167 Å². The van der Waals surface area contributed by atoms with Gasteiger partial charge in [0.05, 0.1) is 16.3 Å². The molecule has 4 rings (SSSR count). The molecule has 0 radical (unpaired) electrons. The number of nitrogens with zero attached hydrogens (tertiary/aromatic N) is 4. The molecule has 148 valence electrons. The van der Waals surface area contributed by atoms with Gasteiger partial charge in [-0.15, -0.1) is 11.3 Å². The molecule has 2 saturated heterocycles. The lowest BCUT2D eigenvalue weighted by atomic mass is 10.0. The summed E-state index contributed by atoms with van der Waals surface area (Å²) in [5, 5.41) is 1.00. The minimum absolute atomic E-state index is 0.0276. The van der Waals surface area contributed by atoms with Crippen molar-refractivity contribution in [1.82, 2.24) is 19.7 Å². The van der Waals surface area contributed by atoms with Crippen LogP contribution in [0.2, 0.25) is 0 Å². The van der Waals surface area contributed by atoms with Crippen LogP contribution in [0.4, 0.5) is 4.79 Å². The monoisotopic (exact) mass is 400 g/mol. The fourth-order valence-corrected chi connectivity index (χ4v) is 5.06. The van der Waals surface area contributed by atoms with E-state index in [1.807, 2.05) is 23.1 Å². The Bertz CT molecular complexity index is 879. The van der Waals surface area contributed by atoms with E-state index < -0.39 is 0 Å². The van der Waals surface area contributed by atoms with Crippen molar-refractivity contribution in [1.29, 1.82) is 0 Å². The van der Waals surface area contributed by atoms with Crippen LogP contribution in [-0.4, -0.2) is 64.2 Å². The number of hydrogen-bond donors (Lipinski definition) is 0. The van der Waals surface area contributed by atoms with Crippen LogP contribution in [0.25, 0.3) is 10.2 Å². The lowest BCUT2D eigenvalue weighted by Crippen LogP contribution is -2.39.